The van der Waals surface area contributed by atoms with Gasteiger partial charge in [-0.25, -0.2) is 46.1 Å². The van der Waals surface area contributed by atoms with E-state index in [9.17, 15) is 84.9 Å². The van der Waals surface area contributed by atoms with E-state index in [2.05, 4.69) is 46.0 Å². The summed E-state index contributed by atoms with van der Waals surface area (Å²) in [6.07, 6.45) is -14.1. The van der Waals surface area contributed by atoms with Crippen molar-refractivity contribution in [1.82, 2.24) is 64.7 Å². The molecule has 0 fully saturated rings. The largest absolute Gasteiger partial charge is 0.477 e. The number of thiazole rings is 1. The maximum Gasteiger partial charge on any atom is 0.434 e. The third-order valence-corrected chi connectivity index (χ3v) is 22.1. The van der Waals surface area contributed by atoms with Crippen LogP contribution in [0.3, 0.4) is 0 Å². The molecule has 688 valence electrons. The second kappa shape index (κ2) is 40.5. The number of para-hydroxylation sites is 4. The van der Waals surface area contributed by atoms with Gasteiger partial charge in [0.25, 0.3) is 5.91 Å². The van der Waals surface area contributed by atoms with Crippen molar-refractivity contribution in [2.75, 3.05) is 5.88 Å². The van der Waals surface area contributed by atoms with E-state index in [1.54, 1.807) is 17.5 Å². The summed E-state index contributed by atoms with van der Waals surface area (Å²) in [5, 5.41) is 41.3. The summed E-state index contributed by atoms with van der Waals surface area (Å²) in [4.78, 5) is 37.0. The first-order chi connectivity index (χ1) is 63.5. The number of carbonyl (C=O) groups excluding carboxylic acids is 2. The Labute approximate surface area is 792 Å². The highest BCUT2D eigenvalue weighted by molar-refractivity contribution is 7.80. The second-order valence-electron chi connectivity index (χ2n) is 26.6. The van der Waals surface area contributed by atoms with Crippen LogP contribution in [-0.4, -0.2) is 98.9 Å². The molecule has 5 N–H and O–H groups in total. The molecular formula is C84H42Cl9F16N15O8S2. The van der Waals surface area contributed by atoms with Crippen LogP contribution >= 0.6 is 128 Å². The molecule has 8 aromatic carbocycles. The number of nitrogens with zero attached hydrogens (tertiary/aromatic N) is 13. The molecule has 134 heavy (non-hydrogen) atoms. The fourth-order valence-corrected chi connectivity index (χ4v) is 15.8. The summed E-state index contributed by atoms with van der Waals surface area (Å²) in [7, 11) is 0. The quantitative estimate of drug-likeness (QED) is 0.0330. The average molecular weight is 2080 g/mol. The lowest BCUT2D eigenvalue weighted by molar-refractivity contribution is -0.143. The van der Waals surface area contributed by atoms with Gasteiger partial charge < -0.3 is 39.5 Å². The standard InChI is InChI=1S/C22H10Cl2F4N4OS.C20H10Cl2F4N4O2.C20H10Cl2F4N4OS.C20H9Cl2F4N3O3.C2H3ClO/c23-12-4-1-2-7-15(12)32-20(22(26,27)28)11(10-30-32)19-17(21-29-8-9-34-21)18(31-33-19)16-13(24)5-3-6-14(16)25;21-10-4-1-2-7-13(10)30-18(20(24,25)26)9(8-28-30)17-15(19(27)31)16(29-32-17)14-11(22)5-3-6-12(14)23;21-10-4-1-2-7-13(10)30-18(20(24,25)26)9(8-28-30)17-15(19(27)32)16(29-31-17)14-11(22)5-3-6-12(14)23;21-10-4-1-2-7-13(10)29-18(20(24,25)26)9(8-27-29)17-15(19(30)31)16(28-32-17)14-11(22)5-3-6-12(14)23;3-1-2-4/h1-10H;1-8H,(H2,27,31);1-8H,(H2,27,32);1-8H,(H,30,31);2H,1H2. The van der Waals surface area contributed by atoms with E-state index in [1.165, 1.54) is 140 Å². The highest BCUT2D eigenvalue weighted by Crippen LogP contribution is 2.52. The maximum atomic E-state index is 14.7. The van der Waals surface area contributed by atoms with Gasteiger partial charge in [-0.1, -0.05) is 198 Å². The molecule has 23 nitrogen and oxygen atoms in total. The van der Waals surface area contributed by atoms with Crippen molar-refractivity contribution in [2.45, 2.75) is 24.7 Å². The number of hydrogen-bond donors (Lipinski definition) is 3. The number of aromatic carboxylic acids is 1. The number of rotatable bonds is 17. The zero-order valence-corrected chi connectivity index (χ0v) is 73.9. The highest BCUT2D eigenvalue weighted by Gasteiger charge is 2.47. The van der Waals surface area contributed by atoms with Gasteiger partial charge in [-0.3, -0.25) is 4.79 Å². The molecule has 0 unspecified atom stereocenters. The number of benzene rings is 8. The first-order valence-electron chi connectivity index (χ1n) is 36.6. The molecule has 0 bridgehead atoms. The third kappa shape index (κ3) is 20.1. The lowest BCUT2D eigenvalue weighted by Crippen LogP contribution is -2.16. The van der Waals surface area contributed by atoms with Gasteiger partial charge in [-0.2, -0.15) is 73.1 Å². The molecule has 17 aromatic rings. The predicted octanol–water partition coefficient (Wildman–Crippen LogP) is 26.6. The molecule has 9 heterocycles. The summed E-state index contributed by atoms with van der Waals surface area (Å²) in [5.74, 6) is -8.21. The molecule has 0 radical (unpaired) electrons. The van der Waals surface area contributed by atoms with E-state index in [0.717, 1.165) is 60.4 Å². The smallest absolute Gasteiger partial charge is 0.434 e. The predicted molar refractivity (Wildman–Crippen MR) is 467 cm³/mol. The van der Waals surface area contributed by atoms with E-state index >= 15 is 0 Å². The molecule has 1 amide bonds. The molecule has 0 aliphatic rings. The molecule has 0 saturated carbocycles. The molecule has 0 aliphatic heterocycles. The lowest BCUT2D eigenvalue weighted by atomic mass is 10.0. The Morgan fingerprint density at radius 2 is 0.649 bits per heavy atom. The van der Waals surface area contributed by atoms with Crippen molar-refractivity contribution in [3.8, 4) is 124 Å². The van der Waals surface area contributed by atoms with Gasteiger partial charge >= 0.3 is 30.7 Å². The van der Waals surface area contributed by atoms with E-state index in [-0.39, 0.29) is 124 Å². The van der Waals surface area contributed by atoms with Gasteiger partial charge in [0.2, 0.25) is 0 Å². The number of thiocarbonyl (C=S) groups is 1. The van der Waals surface area contributed by atoms with Crippen molar-refractivity contribution in [3.63, 3.8) is 0 Å². The highest BCUT2D eigenvalue weighted by atomic mass is 35.5. The van der Waals surface area contributed by atoms with Crippen molar-refractivity contribution >= 4 is 151 Å². The van der Waals surface area contributed by atoms with Gasteiger partial charge in [0.05, 0.1) is 149 Å². The van der Waals surface area contributed by atoms with Crippen LogP contribution in [0.5, 0.6) is 0 Å². The number of aldehydes is 1. The van der Waals surface area contributed by atoms with Crippen LogP contribution in [0.2, 0.25) is 40.2 Å². The topological polar surface area (TPSA) is 312 Å². The average Bonchev–Trinajstić information content (AvgIpc) is 1.60. The van der Waals surface area contributed by atoms with Crippen LogP contribution in [0.25, 0.3) is 124 Å². The van der Waals surface area contributed by atoms with Crippen LogP contribution in [0.4, 0.5) is 70.2 Å². The minimum absolute atomic E-state index is 0.000767. The number of nitrogens with two attached hydrogens (primary N) is 2. The Morgan fingerprint density at radius 3 is 0.918 bits per heavy atom. The molecule has 0 saturated heterocycles. The monoisotopic (exact) mass is 2070 g/mol. The molecule has 17 rings (SSSR count). The number of halogens is 25. The molecule has 0 atom stereocenters. The Morgan fingerprint density at radius 1 is 0.388 bits per heavy atom. The summed E-state index contributed by atoms with van der Waals surface area (Å²) < 4.78 is 251. The first-order valence-corrected chi connectivity index (χ1v) is 41.5. The number of carboxylic acids is 1. The van der Waals surface area contributed by atoms with Gasteiger partial charge in [0.1, 0.15) is 73.5 Å². The molecule has 9 aromatic heterocycles. The Hall–Kier alpha value is -12.9. The van der Waals surface area contributed by atoms with Gasteiger partial charge in [-0.05, 0) is 97.1 Å². The number of primary amides is 1. The van der Waals surface area contributed by atoms with Gasteiger partial charge in [-0.15, -0.1) is 22.9 Å². The Balaban J connectivity index is 0.000000149. The van der Waals surface area contributed by atoms with Crippen LogP contribution in [0.1, 0.15) is 49.1 Å². The summed E-state index contributed by atoms with van der Waals surface area (Å²) in [6.45, 7) is 0. The summed E-state index contributed by atoms with van der Waals surface area (Å²) in [6, 6.07) is 38.3. The first kappa shape index (κ1) is 98.6. The zero-order chi connectivity index (χ0) is 97.1. The van der Waals surface area contributed by atoms with E-state index in [0.29, 0.717) is 25.0 Å². The molecule has 50 heteroatoms. The number of carboxylic acid groups (broad SMARTS) is 1. The SMILES string of the molecule is Fc1cccc(Cl)c1-c1noc(-c2cnn(-c3ccccc3Cl)c2C(F)(F)F)c1-c1nccs1.NC(=O)c1c(-c2c(F)cccc2Cl)noc1-c1cnn(-c2ccccc2Cl)c1C(F)(F)F.NC(=S)c1c(-c2c(F)cccc2Cl)noc1-c1cnn(-c2ccccc2Cl)c1C(F)(F)F.O=C(O)c1c(-c2c(F)cccc2Cl)noc1-c1cnn(-c2ccccc2Cl)c1C(F)(F)F.O=CCCl. The van der Waals surface area contributed by atoms with E-state index in [1.807, 2.05) is 0 Å². The number of amides is 1. The molecular weight excluding hydrogens is 2030 g/mol. The zero-order valence-electron chi connectivity index (χ0n) is 65.5. The number of hydrogen-bond acceptors (Lipinski definition) is 18. The molecule has 0 spiro atoms. The lowest BCUT2D eigenvalue weighted by Gasteiger charge is -2.13. The van der Waals surface area contributed by atoms with Crippen LogP contribution in [0, 0.1) is 23.3 Å². The Kier molecular flexibility index (Phi) is 29.8. The fourth-order valence-electron chi connectivity index (χ4n) is 13.0. The van der Waals surface area contributed by atoms with Crippen molar-refractivity contribution in [3.05, 3.63) is 309 Å². The molecule has 0 aliphatic carbocycles. The van der Waals surface area contributed by atoms with E-state index in [4.69, 9.17) is 151 Å². The van der Waals surface area contributed by atoms with Gasteiger partial charge in [0.15, 0.2) is 45.8 Å². The number of aromatic nitrogens is 13. The third-order valence-electron chi connectivity index (χ3n) is 18.4. The van der Waals surface area contributed by atoms with E-state index < -0.39 is 150 Å². The summed E-state index contributed by atoms with van der Waals surface area (Å²) >= 11 is 59.5. The normalized spacial score (nSPS) is 11.6. The minimum atomic E-state index is -5.00. The van der Waals surface area contributed by atoms with Crippen molar-refractivity contribution in [2.24, 2.45) is 11.5 Å². The minimum Gasteiger partial charge on any atom is -0.477 e. The van der Waals surface area contributed by atoms with Crippen molar-refractivity contribution < 1.29 is 108 Å². The summed E-state index contributed by atoms with van der Waals surface area (Å²) in [5.41, 5.74) is -0.175. The fraction of sp³-hybridized carbons (Fsp3) is 0.0595. The van der Waals surface area contributed by atoms with Crippen LogP contribution in [0.15, 0.2) is 224 Å². The number of carbonyl (C=O) groups is 3. The maximum absolute atomic E-state index is 14.7. The Bertz CT molecular complexity index is 6750. The van der Waals surface area contributed by atoms with Crippen LogP contribution in [-0.2, 0) is 29.5 Å². The van der Waals surface area contributed by atoms with Gasteiger partial charge in [0, 0.05) is 11.6 Å². The van der Waals surface area contributed by atoms with Crippen molar-refractivity contribution in [1.29, 1.82) is 0 Å². The number of alkyl halides is 13. The van der Waals surface area contributed by atoms with Crippen LogP contribution < -0.4 is 11.5 Å². The second-order valence-corrected chi connectivity index (χ2v) is 31.5.